The first-order valence-corrected chi connectivity index (χ1v) is 7.90. The standard InChI is InChI=1S/C16H27N3O2/c1-10(2)13-9-15(19(18-13)11(3)4)17-16(20)14-8-12(5)6-7-21-14/h9-12,14H,6-8H2,1-5H3,(H,17,20)/t12-,14-/m0/s1. The summed E-state index contributed by atoms with van der Waals surface area (Å²) in [7, 11) is 0. The Morgan fingerprint density at radius 2 is 2.14 bits per heavy atom. The van der Waals surface area contributed by atoms with Gasteiger partial charge in [-0.3, -0.25) is 4.79 Å². The van der Waals surface area contributed by atoms with Gasteiger partial charge in [-0.1, -0.05) is 20.8 Å². The Hall–Kier alpha value is -1.36. The van der Waals surface area contributed by atoms with Gasteiger partial charge in [0.2, 0.25) is 0 Å². The molecule has 0 unspecified atom stereocenters. The molecule has 1 aromatic heterocycles. The van der Waals surface area contributed by atoms with Gasteiger partial charge in [-0.05, 0) is 38.5 Å². The Bertz CT molecular complexity index is 494. The summed E-state index contributed by atoms with van der Waals surface area (Å²) in [5.74, 6) is 1.58. The van der Waals surface area contributed by atoms with E-state index in [4.69, 9.17) is 4.74 Å². The number of ether oxygens (including phenoxy) is 1. The highest BCUT2D eigenvalue weighted by atomic mass is 16.5. The predicted octanol–water partition coefficient (Wildman–Crippen LogP) is 3.34. The summed E-state index contributed by atoms with van der Waals surface area (Å²) in [5.41, 5.74) is 0.997. The molecular weight excluding hydrogens is 266 g/mol. The maximum absolute atomic E-state index is 12.4. The van der Waals surface area contributed by atoms with Gasteiger partial charge in [-0.15, -0.1) is 0 Å². The molecule has 5 heteroatoms. The van der Waals surface area contributed by atoms with Crippen LogP contribution in [0.1, 0.15) is 65.1 Å². The molecule has 2 rings (SSSR count). The van der Waals surface area contributed by atoms with E-state index in [2.05, 4.69) is 45.0 Å². The van der Waals surface area contributed by atoms with E-state index in [1.54, 1.807) is 0 Å². The van der Waals surface area contributed by atoms with E-state index in [1.165, 1.54) is 0 Å². The zero-order valence-electron chi connectivity index (χ0n) is 13.7. The summed E-state index contributed by atoms with van der Waals surface area (Å²) in [5, 5.41) is 7.58. The predicted molar refractivity (Wildman–Crippen MR) is 83.5 cm³/mol. The number of hydrogen-bond acceptors (Lipinski definition) is 3. The molecule has 1 N–H and O–H groups in total. The minimum atomic E-state index is -0.341. The van der Waals surface area contributed by atoms with Crippen molar-refractivity contribution in [2.45, 2.75) is 65.5 Å². The van der Waals surface area contributed by atoms with Gasteiger partial charge in [0.15, 0.2) is 0 Å². The Morgan fingerprint density at radius 3 is 2.71 bits per heavy atom. The number of amides is 1. The van der Waals surface area contributed by atoms with Crippen LogP contribution in [-0.4, -0.2) is 28.4 Å². The van der Waals surface area contributed by atoms with E-state index in [9.17, 15) is 4.79 Å². The van der Waals surface area contributed by atoms with Gasteiger partial charge in [0.1, 0.15) is 11.9 Å². The second kappa shape index (κ2) is 6.60. The molecule has 1 fully saturated rings. The Balaban J connectivity index is 2.12. The van der Waals surface area contributed by atoms with Crippen LogP contribution in [-0.2, 0) is 9.53 Å². The number of nitrogens with zero attached hydrogens (tertiary/aromatic N) is 2. The lowest BCUT2D eigenvalue weighted by atomic mass is 9.97. The summed E-state index contributed by atoms with van der Waals surface area (Å²) in [6, 6.07) is 2.17. The third-order valence-electron chi connectivity index (χ3n) is 3.93. The van der Waals surface area contributed by atoms with E-state index in [1.807, 2.05) is 10.7 Å². The van der Waals surface area contributed by atoms with Gasteiger partial charge in [-0.25, -0.2) is 4.68 Å². The molecule has 0 aromatic carbocycles. The van der Waals surface area contributed by atoms with Crippen molar-refractivity contribution in [1.82, 2.24) is 9.78 Å². The second-order valence-electron chi connectivity index (χ2n) is 6.63. The number of carbonyl (C=O) groups excluding carboxylic acids is 1. The van der Waals surface area contributed by atoms with Crippen LogP contribution in [0.2, 0.25) is 0 Å². The molecule has 0 bridgehead atoms. The van der Waals surface area contributed by atoms with Crippen molar-refractivity contribution in [3.63, 3.8) is 0 Å². The lowest BCUT2D eigenvalue weighted by Gasteiger charge is -2.26. The van der Waals surface area contributed by atoms with Crippen molar-refractivity contribution < 1.29 is 9.53 Å². The third kappa shape index (κ3) is 3.84. The van der Waals surface area contributed by atoms with Crippen LogP contribution in [0.5, 0.6) is 0 Å². The van der Waals surface area contributed by atoms with Crippen LogP contribution < -0.4 is 5.32 Å². The van der Waals surface area contributed by atoms with E-state index >= 15 is 0 Å². The average Bonchev–Trinajstić information content (AvgIpc) is 2.83. The zero-order chi connectivity index (χ0) is 15.6. The molecule has 1 saturated heterocycles. The zero-order valence-corrected chi connectivity index (χ0v) is 13.7. The van der Waals surface area contributed by atoms with Gasteiger partial charge in [0.05, 0.1) is 5.69 Å². The van der Waals surface area contributed by atoms with E-state index < -0.39 is 0 Å². The monoisotopic (exact) mass is 293 g/mol. The second-order valence-corrected chi connectivity index (χ2v) is 6.63. The maximum atomic E-state index is 12.4. The van der Waals surface area contributed by atoms with Crippen LogP contribution in [0.4, 0.5) is 5.82 Å². The van der Waals surface area contributed by atoms with Gasteiger partial charge in [0, 0.05) is 18.7 Å². The van der Waals surface area contributed by atoms with Crippen molar-refractivity contribution in [2.24, 2.45) is 5.92 Å². The number of hydrogen-bond donors (Lipinski definition) is 1. The van der Waals surface area contributed by atoms with Crippen LogP contribution in [0.25, 0.3) is 0 Å². The quantitative estimate of drug-likeness (QED) is 0.926. The van der Waals surface area contributed by atoms with Crippen molar-refractivity contribution in [1.29, 1.82) is 0 Å². The SMILES string of the molecule is CC(C)c1cc(NC(=O)[C@@H]2C[C@@H](C)CCO2)n(C(C)C)n1. The van der Waals surface area contributed by atoms with E-state index in [0.717, 1.165) is 24.4 Å². The average molecular weight is 293 g/mol. The number of rotatable bonds is 4. The molecule has 1 aromatic rings. The third-order valence-corrected chi connectivity index (χ3v) is 3.93. The Morgan fingerprint density at radius 1 is 1.43 bits per heavy atom. The highest BCUT2D eigenvalue weighted by molar-refractivity contribution is 5.93. The first-order valence-electron chi connectivity index (χ1n) is 7.90. The molecule has 0 aliphatic carbocycles. The molecule has 21 heavy (non-hydrogen) atoms. The molecule has 0 spiro atoms. The Kier molecular flexibility index (Phi) is 5.04. The number of carbonyl (C=O) groups is 1. The van der Waals surface area contributed by atoms with Crippen molar-refractivity contribution >= 4 is 11.7 Å². The summed E-state index contributed by atoms with van der Waals surface area (Å²) < 4.78 is 7.47. The van der Waals surface area contributed by atoms with Gasteiger partial charge < -0.3 is 10.1 Å². The number of aromatic nitrogens is 2. The molecule has 118 valence electrons. The summed E-state index contributed by atoms with van der Waals surface area (Å²) in [4.78, 5) is 12.4. The minimum absolute atomic E-state index is 0.0568. The van der Waals surface area contributed by atoms with Crippen LogP contribution in [0.15, 0.2) is 6.07 Å². The van der Waals surface area contributed by atoms with Crippen LogP contribution in [0.3, 0.4) is 0 Å². The Labute approximate surface area is 127 Å². The fraction of sp³-hybridized carbons (Fsp3) is 0.750. The summed E-state index contributed by atoms with van der Waals surface area (Å²) >= 11 is 0. The summed E-state index contributed by atoms with van der Waals surface area (Å²) in [6.07, 6.45) is 1.48. The van der Waals surface area contributed by atoms with Crippen LogP contribution in [0, 0.1) is 5.92 Å². The molecule has 0 radical (unpaired) electrons. The van der Waals surface area contributed by atoms with Crippen molar-refractivity contribution in [2.75, 3.05) is 11.9 Å². The molecular formula is C16H27N3O2. The van der Waals surface area contributed by atoms with Crippen molar-refractivity contribution in [3.8, 4) is 0 Å². The lowest BCUT2D eigenvalue weighted by Crippen LogP contribution is -2.36. The molecule has 2 atom stereocenters. The largest absolute Gasteiger partial charge is 0.368 e. The fourth-order valence-electron chi connectivity index (χ4n) is 2.53. The number of nitrogens with one attached hydrogen (secondary N) is 1. The molecule has 2 heterocycles. The van der Waals surface area contributed by atoms with E-state index in [-0.39, 0.29) is 18.1 Å². The van der Waals surface area contributed by atoms with Gasteiger partial charge >= 0.3 is 0 Å². The molecule has 1 aliphatic rings. The molecule has 5 nitrogen and oxygen atoms in total. The first-order chi connectivity index (χ1) is 9.88. The van der Waals surface area contributed by atoms with E-state index in [0.29, 0.717) is 18.4 Å². The minimum Gasteiger partial charge on any atom is -0.368 e. The molecule has 1 aliphatic heterocycles. The topological polar surface area (TPSA) is 56.1 Å². The number of anilines is 1. The van der Waals surface area contributed by atoms with Crippen LogP contribution >= 0.6 is 0 Å². The smallest absolute Gasteiger partial charge is 0.254 e. The van der Waals surface area contributed by atoms with Gasteiger partial charge in [-0.2, -0.15) is 5.10 Å². The molecule has 0 saturated carbocycles. The lowest BCUT2D eigenvalue weighted by molar-refractivity contribution is -0.131. The first kappa shape index (κ1) is 16.0. The fourth-order valence-corrected chi connectivity index (χ4v) is 2.53. The molecule has 1 amide bonds. The normalized spacial score (nSPS) is 22.8. The van der Waals surface area contributed by atoms with Crippen molar-refractivity contribution in [3.05, 3.63) is 11.8 Å². The van der Waals surface area contributed by atoms with Gasteiger partial charge in [0.25, 0.3) is 5.91 Å². The summed E-state index contributed by atoms with van der Waals surface area (Å²) in [6.45, 7) is 11.2. The highest BCUT2D eigenvalue weighted by Gasteiger charge is 2.27. The maximum Gasteiger partial charge on any atom is 0.254 e. The highest BCUT2D eigenvalue weighted by Crippen LogP contribution is 2.24.